The normalized spacial score (nSPS) is 10.1. The first kappa shape index (κ1) is 21.1. The zero-order valence-electron chi connectivity index (χ0n) is 16.3. The number of hydrogen-bond acceptors (Lipinski definition) is 6. The Bertz CT molecular complexity index is 788. The minimum Gasteiger partial charge on any atom is -0.494 e. The van der Waals surface area contributed by atoms with E-state index in [1.54, 1.807) is 50.6 Å². The number of nitrogens with one attached hydrogen (secondary N) is 1. The quantitative estimate of drug-likeness (QED) is 0.631. The molecule has 0 unspecified atom stereocenters. The van der Waals surface area contributed by atoms with Crippen molar-refractivity contribution in [2.75, 3.05) is 27.4 Å². The highest BCUT2D eigenvalue weighted by Crippen LogP contribution is 2.27. The van der Waals surface area contributed by atoms with Crippen LogP contribution in [0.4, 0.5) is 0 Å². The lowest BCUT2D eigenvalue weighted by Gasteiger charge is -2.10. The van der Waals surface area contributed by atoms with Gasteiger partial charge in [-0.15, -0.1) is 0 Å². The van der Waals surface area contributed by atoms with Crippen molar-refractivity contribution >= 4 is 11.9 Å². The maximum Gasteiger partial charge on any atom is 0.310 e. The van der Waals surface area contributed by atoms with E-state index in [0.717, 1.165) is 16.9 Å². The van der Waals surface area contributed by atoms with E-state index in [9.17, 15) is 9.59 Å². The van der Waals surface area contributed by atoms with Gasteiger partial charge in [0, 0.05) is 6.54 Å². The summed E-state index contributed by atoms with van der Waals surface area (Å²) < 4.78 is 20.8. The van der Waals surface area contributed by atoms with Gasteiger partial charge in [0.2, 0.25) is 0 Å². The van der Waals surface area contributed by atoms with Crippen LogP contribution in [0.2, 0.25) is 0 Å². The first-order valence-corrected chi connectivity index (χ1v) is 8.90. The summed E-state index contributed by atoms with van der Waals surface area (Å²) in [5.74, 6) is 1.09. The minimum atomic E-state index is -0.467. The molecule has 0 saturated heterocycles. The van der Waals surface area contributed by atoms with Gasteiger partial charge in [0.05, 0.1) is 27.2 Å². The lowest BCUT2D eigenvalue weighted by atomic mass is 10.1. The van der Waals surface area contributed by atoms with Gasteiger partial charge in [-0.05, 0) is 42.3 Å². The van der Waals surface area contributed by atoms with Crippen molar-refractivity contribution < 1.29 is 28.5 Å². The molecule has 28 heavy (non-hydrogen) atoms. The SMILES string of the molecule is CCOc1ccc(CC(=O)OCC(=O)NCc2ccc(OC)c(OC)c2)cc1. The molecule has 0 spiro atoms. The monoisotopic (exact) mass is 387 g/mol. The van der Waals surface area contributed by atoms with Crippen LogP contribution in [0.5, 0.6) is 17.2 Å². The summed E-state index contributed by atoms with van der Waals surface area (Å²) >= 11 is 0. The van der Waals surface area contributed by atoms with Crippen LogP contribution in [0.15, 0.2) is 42.5 Å². The third-order valence-corrected chi connectivity index (χ3v) is 3.88. The molecule has 0 aromatic heterocycles. The number of rotatable bonds is 10. The summed E-state index contributed by atoms with van der Waals surface area (Å²) in [7, 11) is 3.10. The summed E-state index contributed by atoms with van der Waals surface area (Å²) in [6.45, 7) is 2.44. The van der Waals surface area contributed by atoms with Crippen LogP contribution < -0.4 is 19.5 Å². The highest BCUT2D eigenvalue weighted by atomic mass is 16.5. The number of benzene rings is 2. The predicted molar refractivity (Wildman–Crippen MR) is 104 cm³/mol. The molecule has 2 aromatic rings. The maximum absolute atomic E-state index is 11.9. The Morgan fingerprint density at radius 2 is 1.61 bits per heavy atom. The van der Waals surface area contributed by atoms with Gasteiger partial charge in [-0.3, -0.25) is 9.59 Å². The molecular formula is C21H25NO6. The molecule has 2 rings (SSSR count). The molecule has 0 aliphatic heterocycles. The Morgan fingerprint density at radius 1 is 0.929 bits per heavy atom. The largest absolute Gasteiger partial charge is 0.494 e. The topological polar surface area (TPSA) is 83.1 Å². The lowest BCUT2D eigenvalue weighted by molar-refractivity contribution is -0.147. The Balaban J connectivity index is 1.75. The smallest absolute Gasteiger partial charge is 0.310 e. The van der Waals surface area contributed by atoms with Crippen LogP contribution in [-0.4, -0.2) is 39.3 Å². The fraction of sp³-hybridized carbons (Fsp3) is 0.333. The van der Waals surface area contributed by atoms with Crippen LogP contribution in [0.1, 0.15) is 18.1 Å². The number of methoxy groups -OCH3 is 2. The third kappa shape index (κ3) is 6.50. The van der Waals surface area contributed by atoms with E-state index >= 15 is 0 Å². The molecule has 7 heteroatoms. The van der Waals surface area contributed by atoms with Crippen molar-refractivity contribution in [1.82, 2.24) is 5.32 Å². The molecule has 0 bridgehead atoms. The number of amides is 1. The van der Waals surface area contributed by atoms with E-state index in [2.05, 4.69) is 5.32 Å². The Labute approximate surface area is 164 Å². The summed E-state index contributed by atoms with van der Waals surface area (Å²) in [6, 6.07) is 12.5. The number of carbonyl (C=O) groups excluding carboxylic acids is 2. The van der Waals surface area contributed by atoms with E-state index in [4.69, 9.17) is 18.9 Å². The van der Waals surface area contributed by atoms with Crippen molar-refractivity contribution in [2.45, 2.75) is 19.9 Å². The highest BCUT2D eigenvalue weighted by molar-refractivity contribution is 5.81. The molecule has 2 aromatic carbocycles. The molecule has 150 valence electrons. The lowest BCUT2D eigenvalue weighted by Crippen LogP contribution is -2.28. The molecule has 0 aliphatic rings. The van der Waals surface area contributed by atoms with Gasteiger partial charge < -0.3 is 24.3 Å². The van der Waals surface area contributed by atoms with Gasteiger partial charge >= 0.3 is 5.97 Å². The zero-order chi connectivity index (χ0) is 20.4. The van der Waals surface area contributed by atoms with Crippen LogP contribution in [0.25, 0.3) is 0 Å². The summed E-state index contributed by atoms with van der Waals surface area (Å²) in [4.78, 5) is 23.8. The van der Waals surface area contributed by atoms with Crippen LogP contribution in [0.3, 0.4) is 0 Å². The van der Waals surface area contributed by atoms with Crippen molar-refractivity contribution in [1.29, 1.82) is 0 Å². The second-order valence-electron chi connectivity index (χ2n) is 5.88. The first-order chi connectivity index (χ1) is 13.5. The van der Waals surface area contributed by atoms with E-state index in [-0.39, 0.29) is 25.5 Å². The van der Waals surface area contributed by atoms with Crippen LogP contribution in [-0.2, 0) is 27.3 Å². The maximum atomic E-state index is 11.9. The van der Waals surface area contributed by atoms with E-state index in [1.165, 1.54) is 0 Å². The van der Waals surface area contributed by atoms with E-state index in [0.29, 0.717) is 18.1 Å². The number of esters is 1. The van der Waals surface area contributed by atoms with Gasteiger partial charge in [0.25, 0.3) is 5.91 Å². The van der Waals surface area contributed by atoms with Crippen molar-refractivity contribution in [3.05, 3.63) is 53.6 Å². The molecule has 0 saturated carbocycles. The minimum absolute atomic E-state index is 0.0926. The standard InChI is InChI=1S/C21H25NO6/c1-4-27-17-8-5-15(6-9-17)12-21(24)28-14-20(23)22-13-16-7-10-18(25-2)19(11-16)26-3/h5-11H,4,12-14H2,1-3H3,(H,22,23). The molecule has 0 radical (unpaired) electrons. The molecule has 1 amide bonds. The molecule has 0 heterocycles. The Hall–Kier alpha value is -3.22. The Kier molecular flexibility index (Phi) is 8.14. The van der Waals surface area contributed by atoms with Crippen LogP contribution >= 0.6 is 0 Å². The molecule has 0 atom stereocenters. The first-order valence-electron chi connectivity index (χ1n) is 8.90. The zero-order valence-corrected chi connectivity index (χ0v) is 16.3. The third-order valence-electron chi connectivity index (χ3n) is 3.88. The van der Waals surface area contributed by atoms with E-state index in [1.807, 2.05) is 13.0 Å². The van der Waals surface area contributed by atoms with Crippen molar-refractivity contribution in [3.8, 4) is 17.2 Å². The van der Waals surface area contributed by atoms with Crippen molar-refractivity contribution in [2.24, 2.45) is 0 Å². The number of carbonyl (C=O) groups is 2. The number of hydrogen-bond donors (Lipinski definition) is 1. The van der Waals surface area contributed by atoms with Crippen LogP contribution in [0, 0.1) is 0 Å². The molecule has 0 aliphatic carbocycles. The molecule has 1 N–H and O–H groups in total. The average molecular weight is 387 g/mol. The van der Waals surface area contributed by atoms with Gasteiger partial charge in [0.1, 0.15) is 5.75 Å². The molecule has 0 fully saturated rings. The fourth-order valence-corrected chi connectivity index (χ4v) is 2.48. The molecule has 7 nitrogen and oxygen atoms in total. The second kappa shape index (κ2) is 10.8. The van der Waals surface area contributed by atoms with Gasteiger partial charge in [0.15, 0.2) is 18.1 Å². The van der Waals surface area contributed by atoms with Gasteiger partial charge in [-0.2, -0.15) is 0 Å². The predicted octanol–water partition coefficient (Wildman–Crippen LogP) is 2.50. The molecular weight excluding hydrogens is 362 g/mol. The Morgan fingerprint density at radius 3 is 2.25 bits per heavy atom. The van der Waals surface area contributed by atoms with Gasteiger partial charge in [-0.25, -0.2) is 0 Å². The summed E-state index contributed by atoms with van der Waals surface area (Å²) in [5, 5.41) is 2.70. The summed E-state index contributed by atoms with van der Waals surface area (Å²) in [6.07, 6.45) is 0.0926. The summed E-state index contributed by atoms with van der Waals surface area (Å²) in [5.41, 5.74) is 1.63. The fourth-order valence-electron chi connectivity index (χ4n) is 2.48. The second-order valence-corrected chi connectivity index (χ2v) is 5.88. The number of ether oxygens (including phenoxy) is 4. The van der Waals surface area contributed by atoms with Gasteiger partial charge in [-0.1, -0.05) is 18.2 Å². The van der Waals surface area contributed by atoms with Crippen molar-refractivity contribution in [3.63, 3.8) is 0 Å². The van der Waals surface area contributed by atoms with E-state index < -0.39 is 5.97 Å². The average Bonchev–Trinajstić information content (AvgIpc) is 2.72. The highest BCUT2D eigenvalue weighted by Gasteiger charge is 2.10.